The Morgan fingerprint density at radius 2 is 2.08 bits per heavy atom. The lowest BCUT2D eigenvalue weighted by Crippen LogP contribution is -2.45. The van der Waals surface area contributed by atoms with E-state index in [4.69, 9.17) is 0 Å². The van der Waals surface area contributed by atoms with E-state index < -0.39 is 0 Å². The van der Waals surface area contributed by atoms with Crippen LogP contribution in [0.2, 0.25) is 0 Å². The minimum Gasteiger partial charge on any atom is -0.369 e. The van der Waals surface area contributed by atoms with Gasteiger partial charge in [0.1, 0.15) is 0 Å². The van der Waals surface area contributed by atoms with Gasteiger partial charge in [0.05, 0.1) is 6.21 Å². The van der Waals surface area contributed by atoms with Crippen LogP contribution in [-0.4, -0.2) is 24.7 Å². The number of carbonyl (C=O) groups is 1. The molecular formula is C21H24BrN3O. The van der Waals surface area contributed by atoms with Crippen molar-refractivity contribution >= 4 is 33.7 Å². The summed E-state index contributed by atoms with van der Waals surface area (Å²) >= 11 is 3.37. The fourth-order valence-electron chi connectivity index (χ4n) is 3.54. The lowest BCUT2D eigenvalue weighted by Gasteiger charge is -2.45. The smallest absolute Gasteiger partial charge is 0.271 e. The van der Waals surface area contributed by atoms with Crippen LogP contribution in [0.4, 0.5) is 5.69 Å². The van der Waals surface area contributed by atoms with Crippen LogP contribution >= 0.6 is 15.9 Å². The number of fused-ring (bicyclic) bond motifs is 1. The van der Waals surface area contributed by atoms with Crippen molar-refractivity contribution in [3.05, 3.63) is 63.6 Å². The van der Waals surface area contributed by atoms with Crippen molar-refractivity contribution < 1.29 is 4.79 Å². The van der Waals surface area contributed by atoms with Gasteiger partial charge in [-0.05, 0) is 67.6 Å². The highest BCUT2D eigenvalue weighted by Crippen LogP contribution is 2.42. The van der Waals surface area contributed by atoms with Crippen LogP contribution < -0.4 is 10.3 Å². The molecule has 3 rings (SSSR count). The number of halogens is 1. The minimum atomic E-state index is -0.227. The standard InChI is InChI=1S/C21H24BrN3O/c1-14-12-21(2,3)25(4)19-9-8-15(10-18(14)19)13-23-24-20(26)16-6-5-7-17(22)11-16/h5-11,13-14H,12H2,1-4H3,(H,24,26)/b23-13-/t14-/m0/s1. The maximum absolute atomic E-state index is 12.1. The molecule has 0 radical (unpaired) electrons. The average Bonchev–Trinajstić information content (AvgIpc) is 2.59. The Bertz CT molecular complexity index is 860. The van der Waals surface area contributed by atoms with Crippen molar-refractivity contribution in [3.8, 4) is 0 Å². The molecule has 0 bridgehead atoms. The predicted molar refractivity (Wildman–Crippen MR) is 111 cm³/mol. The number of hydrogen-bond acceptors (Lipinski definition) is 3. The molecule has 26 heavy (non-hydrogen) atoms. The molecule has 0 saturated heterocycles. The number of hydrazone groups is 1. The molecule has 0 saturated carbocycles. The second kappa shape index (κ2) is 7.23. The molecule has 0 spiro atoms. The zero-order valence-electron chi connectivity index (χ0n) is 15.6. The van der Waals surface area contributed by atoms with Gasteiger partial charge < -0.3 is 4.90 Å². The van der Waals surface area contributed by atoms with Crippen LogP contribution in [0.3, 0.4) is 0 Å². The Labute approximate surface area is 163 Å². The maximum atomic E-state index is 12.1. The number of anilines is 1. The molecule has 0 unspecified atom stereocenters. The highest BCUT2D eigenvalue weighted by Gasteiger charge is 2.33. The first-order valence-electron chi connectivity index (χ1n) is 8.75. The molecule has 136 valence electrons. The number of rotatable bonds is 3. The Balaban J connectivity index is 1.74. The molecule has 1 heterocycles. The van der Waals surface area contributed by atoms with Crippen molar-refractivity contribution in [2.45, 2.75) is 38.6 Å². The number of nitrogens with zero attached hydrogens (tertiary/aromatic N) is 2. The highest BCUT2D eigenvalue weighted by molar-refractivity contribution is 9.10. The van der Waals surface area contributed by atoms with Crippen LogP contribution in [0.15, 0.2) is 52.0 Å². The second-order valence-electron chi connectivity index (χ2n) is 7.50. The molecule has 5 heteroatoms. The Morgan fingerprint density at radius 3 is 2.81 bits per heavy atom. The van der Waals surface area contributed by atoms with E-state index in [0.29, 0.717) is 11.5 Å². The van der Waals surface area contributed by atoms with Gasteiger partial charge in [0.15, 0.2) is 0 Å². The van der Waals surface area contributed by atoms with E-state index in [1.165, 1.54) is 11.3 Å². The summed E-state index contributed by atoms with van der Waals surface area (Å²) in [6.07, 6.45) is 2.80. The molecule has 2 aromatic carbocycles. The van der Waals surface area contributed by atoms with Crippen molar-refractivity contribution in [3.63, 3.8) is 0 Å². The molecule has 2 aromatic rings. The summed E-state index contributed by atoms with van der Waals surface area (Å²) in [5.41, 5.74) is 6.89. The molecule has 0 aromatic heterocycles. The van der Waals surface area contributed by atoms with Crippen LogP contribution in [-0.2, 0) is 0 Å². The van der Waals surface area contributed by atoms with Gasteiger partial charge in [-0.1, -0.05) is 35.0 Å². The largest absolute Gasteiger partial charge is 0.369 e. The highest BCUT2D eigenvalue weighted by atomic mass is 79.9. The van der Waals surface area contributed by atoms with E-state index in [2.05, 4.69) is 71.3 Å². The fourth-order valence-corrected chi connectivity index (χ4v) is 3.93. The van der Waals surface area contributed by atoms with Gasteiger partial charge in [-0.2, -0.15) is 5.10 Å². The topological polar surface area (TPSA) is 44.7 Å². The number of amides is 1. The minimum absolute atomic E-state index is 0.153. The molecule has 1 amide bonds. The van der Waals surface area contributed by atoms with Gasteiger partial charge in [-0.15, -0.1) is 0 Å². The summed E-state index contributed by atoms with van der Waals surface area (Å²) in [6, 6.07) is 13.6. The number of nitrogens with one attached hydrogen (secondary N) is 1. The summed E-state index contributed by atoms with van der Waals surface area (Å²) in [4.78, 5) is 14.5. The van der Waals surface area contributed by atoms with Gasteiger partial charge in [0, 0.05) is 28.3 Å². The van der Waals surface area contributed by atoms with Crippen LogP contribution in [0, 0.1) is 0 Å². The fraction of sp³-hybridized carbons (Fsp3) is 0.333. The Kier molecular flexibility index (Phi) is 5.19. The van der Waals surface area contributed by atoms with Crippen LogP contribution in [0.5, 0.6) is 0 Å². The first-order chi connectivity index (χ1) is 12.3. The summed E-state index contributed by atoms with van der Waals surface area (Å²) in [6.45, 7) is 6.82. The molecule has 1 N–H and O–H groups in total. The second-order valence-corrected chi connectivity index (χ2v) is 8.42. The zero-order chi connectivity index (χ0) is 18.9. The van der Waals surface area contributed by atoms with E-state index >= 15 is 0 Å². The summed E-state index contributed by atoms with van der Waals surface area (Å²) in [7, 11) is 2.15. The number of hydrogen-bond donors (Lipinski definition) is 1. The SMILES string of the molecule is C[C@H]1CC(C)(C)N(C)c2ccc(/C=N\NC(=O)c3cccc(Br)c3)cc21. The Morgan fingerprint density at radius 1 is 1.31 bits per heavy atom. The molecule has 4 nitrogen and oxygen atoms in total. The third-order valence-electron chi connectivity index (χ3n) is 5.12. The van der Waals surface area contributed by atoms with E-state index in [-0.39, 0.29) is 11.4 Å². The quantitative estimate of drug-likeness (QED) is 0.572. The zero-order valence-corrected chi connectivity index (χ0v) is 17.2. The third-order valence-corrected chi connectivity index (χ3v) is 5.62. The Hall–Kier alpha value is -2.14. The first kappa shape index (κ1) is 18.6. The van der Waals surface area contributed by atoms with E-state index in [9.17, 15) is 4.79 Å². The normalized spacial score (nSPS) is 18.7. The third kappa shape index (κ3) is 3.83. The first-order valence-corrected chi connectivity index (χ1v) is 9.54. The van der Waals surface area contributed by atoms with Gasteiger partial charge in [-0.25, -0.2) is 5.43 Å². The van der Waals surface area contributed by atoms with Crippen molar-refractivity contribution in [2.24, 2.45) is 5.10 Å². The van der Waals surface area contributed by atoms with Crippen molar-refractivity contribution in [2.75, 3.05) is 11.9 Å². The van der Waals surface area contributed by atoms with E-state index in [1.54, 1.807) is 18.3 Å². The number of carbonyl (C=O) groups excluding carboxylic acids is 1. The van der Waals surface area contributed by atoms with Crippen molar-refractivity contribution in [1.29, 1.82) is 0 Å². The lowest BCUT2D eigenvalue weighted by molar-refractivity contribution is 0.0955. The molecule has 1 aliphatic heterocycles. The van der Waals surface area contributed by atoms with E-state index in [0.717, 1.165) is 16.5 Å². The molecular weight excluding hydrogens is 390 g/mol. The van der Waals surface area contributed by atoms with Crippen LogP contribution in [0.1, 0.15) is 54.6 Å². The monoisotopic (exact) mass is 413 g/mol. The van der Waals surface area contributed by atoms with Gasteiger partial charge in [0.25, 0.3) is 5.91 Å². The van der Waals surface area contributed by atoms with Gasteiger partial charge >= 0.3 is 0 Å². The van der Waals surface area contributed by atoms with E-state index in [1.807, 2.05) is 18.2 Å². The van der Waals surface area contributed by atoms with Gasteiger partial charge in [0.2, 0.25) is 0 Å². The van der Waals surface area contributed by atoms with Crippen LogP contribution in [0.25, 0.3) is 0 Å². The summed E-state index contributed by atoms with van der Waals surface area (Å²) < 4.78 is 0.866. The predicted octanol–water partition coefficient (Wildman–Crippen LogP) is 4.94. The maximum Gasteiger partial charge on any atom is 0.271 e. The average molecular weight is 414 g/mol. The number of benzene rings is 2. The van der Waals surface area contributed by atoms with Crippen molar-refractivity contribution in [1.82, 2.24) is 5.43 Å². The molecule has 0 fully saturated rings. The molecule has 0 aliphatic carbocycles. The summed E-state index contributed by atoms with van der Waals surface area (Å²) in [5.74, 6) is 0.260. The van der Waals surface area contributed by atoms with Gasteiger partial charge in [-0.3, -0.25) is 4.79 Å². The lowest BCUT2D eigenvalue weighted by atomic mass is 9.80. The molecule has 1 atom stereocenters. The summed E-state index contributed by atoms with van der Waals surface area (Å²) in [5, 5.41) is 4.12. The molecule has 1 aliphatic rings.